The third-order valence-corrected chi connectivity index (χ3v) is 8.88. The van der Waals surface area contributed by atoms with Gasteiger partial charge in [-0.05, 0) is 42.6 Å². The van der Waals surface area contributed by atoms with Gasteiger partial charge in [0.1, 0.15) is 11.5 Å². The van der Waals surface area contributed by atoms with Gasteiger partial charge in [0, 0.05) is 17.3 Å². The Morgan fingerprint density at radius 3 is 2.50 bits per heavy atom. The highest BCUT2D eigenvalue weighted by molar-refractivity contribution is 6.05. The van der Waals surface area contributed by atoms with Gasteiger partial charge in [-0.2, -0.15) is 0 Å². The number of carbonyl (C=O) groups excluding carboxylic acids is 1. The molecule has 0 aromatic rings. The molecule has 6 rings (SSSR count). The van der Waals surface area contributed by atoms with Gasteiger partial charge < -0.3 is 25.2 Å². The quantitative estimate of drug-likeness (QED) is 0.463. The van der Waals surface area contributed by atoms with Crippen molar-refractivity contribution in [2.45, 2.75) is 63.6 Å². The van der Waals surface area contributed by atoms with Gasteiger partial charge in [-0.15, -0.1) is 0 Å². The van der Waals surface area contributed by atoms with Gasteiger partial charge in [-0.1, -0.05) is 20.4 Å². The number of ketones is 1. The first-order valence-electron chi connectivity index (χ1n) is 9.71. The molecule has 4 aliphatic carbocycles. The molecule has 0 radical (unpaired) electrons. The predicted octanol–water partition coefficient (Wildman–Crippen LogP) is 0.376. The van der Waals surface area contributed by atoms with Crippen molar-refractivity contribution in [1.82, 2.24) is 0 Å². The number of rotatable bonds is 0. The number of hydrogen-bond donors (Lipinski definition) is 4. The van der Waals surface area contributed by atoms with Gasteiger partial charge in [0.2, 0.25) is 5.79 Å². The first-order chi connectivity index (χ1) is 12.1. The van der Waals surface area contributed by atoms with E-state index in [9.17, 15) is 25.2 Å². The summed E-state index contributed by atoms with van der Waals surface area (Å²) in [6.45, 7) is 8.07. The van der Waals surface area contributed by atoms with E-state index in [0.29, 0.717) is 24.8 Å². The SMILES string of the molecule is C=C1C(=O)C23C(O)C1CC[C@H]2[C@]12COC3(O)[C@@H](O)[C@@H]1C(C)(C)CC[C@@H]2O. The summed E-state index contributed by atoms with van der Waals surface area (Å²) in [7, 11) is 0. The van der Waals surface area contributed by atoms with Crippen LogP contribution in [0, 0.1) is 34.0 Å². The zero-order valence-corrected chi connectivity index (χ0v) is 15.3. The van der Waals surface area contributed by atoms with Gasteiger partial charge in [-0.25, -0.2) is 0 Å². The maximum absolute atomic E-state index is 13.3. The molecule has 6 aliphatic rings. The van der Waals surface area contributed by atoms with Crippen LogP contribution in [0.25, 0.3) is 0 Å². The fraction of sp³-hybridized carbons (Fsp3) is 0.850. The van der Waals surface area contributed by atoms with Gasteiger partial charge in [-0.3, -0.25) is 4.79 Å². The van der Waals surface area contributed by atoms with Gasteiger partial charge in [0.15, 0.2) is 5.78 Å². The lowest BCUT2D eigenvalue weighted by Crippen LogP contribution is -2.85. The first kappa shape index (κ1) is 17.3. The molecule has 144 valence electrons. The van der Waals surface area contributed by atoms with Crippen molar-refractivity contribution in [3.8, 4) is 0 Å². The largest absolute Gasteiger partial charge is 0.392 e. The van der Waals surface area contributed by atoms with Crippen molar-refractivity contribution in [2.75, 3.05) is 6.61 Å². The second-order valence-corrected chi connectivity index (χ2v) is 9.97. The van der Waals surface area contributed by atoms with E-state index in [4.69, 9.17) is 4.74 Å². The number of ether oxygens (including phenoxy) is 1. The number of Topliss-reactive ketones (excluding diaryl/α,β-unsaturated/α-hetero) is 1. The first-order valence-corrected chi connectivity index (χ1v) is 9.71. The number of aliphatic hydroxyl groups is 4. The summed E-state index contributed by atoms with van der Waals surface area (Å²) < 4.78 is 5.80. The monoisotopic (exact) mass is 364 g/mol. The highest BCUT2D eigenvalue weighted by Gasteiger charge is 2.86. The summed E-state index contributed by atoms with van der Waals surface area (Å²) in [4.78, 5) is 13.3. The molecule has 0 aromatic heterocycles. The molecule has 4 saturated carbocycles. The third kappa shape index (κ3) is 1.41. The summed E-state index contributed by atoms with van der Waals surface area (Å²) in [5.74, 6) is -3.80. The lowest BCUT2D eigenvalue weighted by atomic mass is 9.35. The Bertz CT molecular complexity index is 717. The van der Waals surface area contributed by atoms with Crippen molar-refractivity contribution in [2.24, 2.45) is 34.0 Å². The molecule has 6 nitrogen and oxygen atoms in total. The van der Waals surface area contributed by atoms with E-state index in [1.165, 1.54) is 0 Å². The summed E-state index contributed by atoms with van der Waals surface area (Å²) >= 11 is 0. The number of hydrogen-bond acceptors (Lipinski definition) is 6. The zero-order valence-electron chi connectivity index (χ0n) is 15.3. The minimum absolute atomic E-state index is 0.0966. The Morgan fingerprint density at radius 2 is 1.81 bits per heavy atom. The number of aliphatic hydroxyl groups excluding tert-OH is 3. The average molecular weight is 364 g/mol. The second-order valence-electron chi connectivity index (χ2n) is 9.97. The molecule has 2 spiro atoms. The lowest BCUT2D eigenvalue weighted by molar-refractivity contribution is -0.458. The topological polar surface area (TPSA) is 107 Å². The Kier molecular flexibility index (Phi) is 3.07. The Labute approximate surface area is 152 Å². The highest BCUT2D eigenvalue weighted by Crippen LogP contribution is 2.76. The average Bonchev–Trinajstić information content (AvgIpc) is 2.69. The minimum atomic E-state index is -2.15. The van der Waals surface area contributed by atoms with E-state index in [2.05, 4.69) is 6.58 Å². The van der Waals surface area contributed by atoms with Crippen LogP contribution in [0.5, 0.6) is 0 Å². The Hall–Kier alpha value is -0.790. The number of carbonyl (C=O) groups is 1. The molecule has 2 aliphatic heterocycles. The van der Waals surface area contributed by atoms with E-state index in [0.717, 1.165) is 6.42 Å². The van der Waals surface area contributed by atoms with Gasteiger partial charge in [0.25, 0.3) is 0 Å². The smallest absolute Gasteiger partial charge is 0.208 e. The van der Waals surface area contributed by atoms with Crippen LogP contribution in [-0.4, -0.2) is 56.9 Å². The zero-order chi connectivity index (χ0) is 18.9. The molecule has 9 atom stereocenters. The van der Waals surface area contributed by atoms with Crippen LogP contribution in [0.4, 0.5) is 0 Å². The molecular weight excluding hydrogens is 336 g/mol. The second kappa shape index (κ2) is 4.61. The van der Waals surface area contributed by atoms with Crippen LogP contribution in [0.1, 0.15) is 39.5 Å². The summed E-state index contributed by atoms with van der Waals surface area (Å²) in [6, 6.07) is 0. The van der Waals surface area contributed by atoms with Crippen LogP contribution in [0.15, 0.2) is 12.2 Å². The lowest BCUT2D eigenvalue weighted by Gasteiger charge is -2.74. The fourth-order valence-corrected chi connectivity index (χ4v) is 7.90. The van der Waals surface area contributed by atoms with Gasteiger partial charge >= 0.3 is 0 Å². The summed E-state index contributed by atoms with van der Waals surface area (Å²) in [5, 5.41) is 45.1. The summed E-state index contributed by atoms with van der Waals surface area (Å²) in [5.41, 5.74) is -2.49. The summed E-state index contributed by atoms with van der Waals surface area (Å²) in [6.07, 6.45) is -0.747. The predicted molar refractivity (Wildman–Crippen MR) is 90.7 cm³/mol. The molecule has 0 amide bonds. The van der Waals surface area contributed by atoms with Crippen molar-refractivity contribution in [3.63, 3.8) is 0 Å². The molecule has 6 heteroatoms. The molecule has 2 heterocycles. The van der Waals surface area contributed by atoms with E-state index in [1.807, 2.05) is 13.8 Å². The van der Waals surface area contributed by atoms with Crippen molar-refractivity contribution in [1.29, 1.82) is 0 Å². The van der Waals surface area contributed by atoms with E-state index < -0.39 is 58.5 Å². The van der Waals surface area contributed by atoms with E-state index >= 15 is 0 Å². The maximum Gasteiger partial charge on any atom is 0.208 e. The Morgan fingerprint density at radius 1 is 1.12 bits per heavy atom. The highest BCUT2D eigenvalue weighted by atomic mass is 16.6. The van der Waals surface area contributed by atoms with E-state index in [1.54, 1.807) is 0 Å². The molecule has 26 heavy (non-hydrogen) atoms. The minimum Gasteiger partial charge on any atom is -0.392 e. The van der Waals surface area contributed by atoms with Crippen LogP contribution in [0.3, 0.4) is 0 Å². The molecule has 4 unspecified atom stereocenters. The van der Waals surface area contributed by atoms with Crippen molar-refractivity contribution >= 4 is 5.78 Å². The van der Waals surface area contributed by atoms with Crippen molar-refractivity contribution < 1.29 is 30.0 Å². The van der Waals surface area contributed by atoms with Crippen LogP contribution in [0.2, 0.25) is 0 Å². The van der Waals surface area contributed by atoms with E-state index in [-0.39, 0.29) is 12.0 Å². The molecule has 6 fully saturated rings. The Balaban J connectivity index is 1.81. The molecule has 0 aromatic carbocycles. The maximum atomic E-state index is 13.3. The van der Waals surface area contributed by atoms with Crippen LogP contribution >= 0.6 is 0 Å². The molecular formula is C20H28O6. The van der Waals surface area contributed by atoms with Gasteiger partial charge in [0.05, 0.1) is 18.8 Å². The van der Waals surface area contributed by atoms with Crippen LogP contribution in [-0.2, 0) is 9.53 Å². The molecule has 2 saturated heterocycles. The molecule has 4 bridgehead atoms. The normalized spacial score (nSPS) is 59.9. The fourth-order valence-electron chi connectivity index (χ4n) is 7.90. The third-order valence-electron chi connectivity index (χ3n) is 8.88. The molecule has 4 N–H and O–H groups in total. The standard InChI is InChI=1S/C20H28O6/c1-9-10-4-5-11-18-8-26-20(25,19(11,14(9)22)15(10)23)16(24)13(18)17(2,3)7-6-12(18)21/h10-13,15-16,21,23-25H,1,4-8H2,2-3H3/t10?,11-,12-,13+,15?,16-,18-,19?,20?/m0/s1. The van der Waals surface area contributed by atoms with Crippen LogP contribution < -0.4 is 0 Å². The number of fused-ring (bicyclic) bond motifs is 2. The van der Waals surface area contributed by atoms with Crippen molar-refractivity contribution in [3.05, 3.63) is 12.2 Å².